The molecule has 1 aromatic carbocycles. The van der Waals surface area contributed by atoms with Gasteiger partial charge in [0.05, 0.1) is 12.4 Å². The molecule has 3 rings (SSSR count). The van der Waals surface area contributed by atoms with Crippen molar-refractivity contribution in [3.63, 3.8) is 0 Å². The minimum atomic E-state index is 0.240. The molecule has 0 radical (unpaired) electrons. The van der Waals surface area contributed by atoms with Crippen molar-refractivity contribution in [1.82, 2.24) is 14.9 Å². The minimum absolute atomic E-state index is 0.240. The molecule has 0 bridgehead atoms. The van der Waals surface area contributed by atoms with Crippen LogP contribution in [0, 0.1) is 0 Å². The second-order valence-electron chi connectivity index (χ2n) is 6.33. The first kappa shape index (κ1) is 14.3. The van der Waals surface area contributed by atoms with E-state index in [-0.39, 0.29) is 5.41 Å². The Balaban J connectivity index is 1.97. The molecular weight excluding hydrogens is 258 g/mol. The molecule has 1 unspecified atom stereocenters. The van der Waals surface area contributed by atoms with Crippen molar-refractivity contribution in [1.29, 1.82) is 0 Å². The molecule has 1 aromatic heterocycles. The summed E-state index contributed by atoms with van der Waals surface area (Å²) in [6.45, 7) is 6.85. The normalized spacial score (nSPS) is 19.3. The van der Waals surface area contributed by atoms with E-state index in [4.69, 9.17) is 0 Å². The van der Waals surface area contributed by atoms with Gasteiger partial charge in [0, 0.05) is 17.3 Å². The van der Waals surface area contributed by atoms with Crippen LogP contribution in [0.1, 0.15) is 50.4 Å². The van der Waals surface area contributed by atoms with Crippen LogP contribution in [0.3, 0.4) is 0 Å². The third-order valence-electron chi connectivity index (χ3n) is 4.90. The number of benzene rings is 1. The fraction of sp³-hybridized carbons (Fsp3) is 0.500. The first-order chi connectivity index (χ1) is 10.2. The number of hydrogen-bond acceptors (Lipinski definition) is 2. The molecule has 3 heteroatoms. The Morgan fingerprint density at radius 1 is 1.24 bits per heavy atom. The van der Waals surface area contributed by atoms with Gasteiger partial charge >= 0.3 is 0 Å². The first-order valence-electron chi connectivity index (χ1n) is 8.02. The molecule has 3 nitrogen and oxygen atoms in total. The summed E-state index contributed by atoms with van der Waals surface area (Å²) >= 11 is 0. The monoisotopic (exact) mass is 283 g/mol. The van der Waals surface area contributed by atoms with Gasteiger partial charge in [-0.1, -0.05) is 44.2 Å². The van der Waals surface area contributed by atoms with E-state index in [1.807, 2.05) is 6.33 Å². The zero-order valence-corrected chi connectivity index (χ0v) is 13.0. The van der Waals surface area contributed by atoms with Crippen LogP contribution in [-0.2, 0) is 5.41 Å². The average Bonchev–Trinajstić information content (AvgIpc) is 3.00. The Morgan fingerprint density at radius 3 is 2.62 bits per heavy atom. The summed E-state index contributed by atoms with van der Waals surface area (Å²) in [5.41, 5.74) is 3.00. The molecule has 1 N–H and O–H groups in total. The van der Waals surface area contributed by atoms with E-state index in [9.17, 15) is 0 Å². The topological polar surface area (TPSA) is 29.9 Å². The highest BCUT2D eigenvalue weighted by molar-refractivity contribution is 5.24. The molecule has 0 spiro atoms. The van der Waals surface area contributed by atoms with E-state index in [2.05, 4.69) is 65.2 Å². The average molecular weight is 283 g/mol. The standard InChI is InChI=1S/C18H25N3/c1-3-16(15-7-5-4-6-8-15)21-14-20-13-17(21)18(2)9-11-19-12-10-18/h4-8,13-14,16,19H,3,9-12H2,1-2H3. The van der Waals surface area contributed by atoms with E-state index in [1.165, 1.54) is 24.1 Å². The zero-order valence-electron chi connectivity index (χ0n) is 13.0. The molecule has 1 atom stereocenters. The summed E-state index contributed by atoms with van der Waals surface area (Å²) in [7, 11) is 0. The molecule has 1 aliphatic rings. The third kappa shape index (κ3) is 2.75. The largest absolute Gasteiger partial charge is 0.327 e. The van der Waals surface area contributed by atoms with Crippen molar-refractivity contribution in [3.05, 3.63) is 54.1 Å². The van der Waals surface area contributed by atoms with Crippen molar-refractivity contribution >= 4 is 0 Å². The van der Waals surface area contributed by atoms with Crippen LogP contribution in [-0.4, -0.2) is 22.6 Å². The van der Waals surface area contributed by atoms with Gasteiger partial charge in [0.15, 0.2) is 0 Å². The van der Waals surface area contributed by atoms with Gasteiger partial charge in [-0.15, -0.1) is 0 Å². The van der Waals surface area contributed by atoms with Gasteiger partial charge in [-0.3, -0.25) is 0 Å². The minimum Gasteiger partial charge on any atom is -0.327 e. The van der Waals surface area contributed by atoms with Crippen molar-refractivity contribution < 1.29 is 0 Å². The van der Waals surface area contributed by atoms with Gasteiger partial charge in [-0.05, 0) is 37.9 Å². The Morgan fingerprint density at radius 2 is 1.95 bits per heavy atom. The van der Waals surface area contributed by atoms with Crippen molar-refractivity contribution in [3.8, 4) is 0 Å². The molecular formula is C18H25N3. The summed E-state index contributed by atoms with van der Waals surface area (Å²) in [6.07, 6.45) is 7.55. The van der Waals surface area contributed by atoms with Crippen molar-refractivity contribution in [2.75, 3.05) is 13.1 Å². The molecule has 112 valence electrons. The Bertz CT molecular complexity index is 567. The fourth-order valence-corrected chi connectivity index (χ4v) is 3.52. The van der Waals surface area contributed by atoms with Gasteiger partial charge in [0.1, 0.15) is 0 Å². The number of hydrogen-bond donors (Lipinski definition) is 1. The quantitative estimate of drug-likeness (QED) is 0.930. The van der Waals surface area contributed by atoms with Gasteiger partial charge in [0.2, 0.25) is 0 Å². The summed E-state index contributed by atoms with van der Waals surface area (Å²) in [5, 5.41) is 3.47. The fourth-order valence-electron chi connectivity index (χ4n) is 3.52. The van der Waals surface area contributed by atoms with Crippen LogP contribution in [0.5, 0.6) is 0 Å². The highest BCUT2D eigenvalue weighted by Crippen LogP contribution is 2.35. The molecule has 0 saturated carbocycles. The second kappa shape index (κ2) is 6.02. The second-order valence-corrected chi connectivity index (χ2v) is 6.33. The first-order valence-corrected chi connectivity index (χ1v) is 8.02. The number of imidazole rings is 1. The molecule has 1 fully saturated rings. The van der Waals surface area contributed by atoms with Gasteiger partial charge in [-0.2, -0.15) is 0 Å². The highest BCUT2D eigenvalue weighted by Gasteiger charge is 2.33. The maximum absolute atomic E-state index is 4.48. The van der Waals surface area contributed by atoms with E-state index in [0.29, 0.717) is 6.04 Å². The van der Waals surface area contributed by atoms with Crippen molar-refractivity contribution in [2.24, 2.45) is 0 Å². The molecule has 1 aliphatic heterocycles. The van der Waals surface area contributed by atoms with Crippen LogP contribution < -0.4 is 5.32 Å². The van der Waals surface area contributed by atoms with E-state index in [1.54, 1.807) is 0 Å². The van der Waals surface area contributed by atoms with Gasteiger partial charge in [-0.25, -0.2) is 4.98 Å². The smallest absolute Gasteiger partial charge is 0.0954 e. The lowest BCUT2D eigenvalue weighted by atomic mass is 9.78. The molecule has 21 heavy (non-hydrogen) atoms. The van der Waals surface area contributed by atoms with E-state index >= 15 is 0 Å². The van der Waals surface area contributed by atoms with Gasteiger partial charge < -0.3 is 9.88 Å². The number of nitrogens with one attached hydrogen (secondary N) is 1. The summed E-state index contributed by atoms with van der Waals surface area (Å²) in [5.74, 6) is 0. The number of piperidine rings is 1. The highest BCUT2D eigenvalue weighted by atomic mass is 15.1. The maximum atomic E-state index is 4.48. The molecule has 2 heterocycles. The van der Waals surface area contributed by atoms with Crippen molar-refractivity contribution in [2.45, 2.75) is 44.6 Å². The zero-order chi connectivity index (χ0) is 14.7. The lowest BCUT2D eigenvalue weighted by molar-refractivity contribution is 0.311. The predicted molar refractivity (Wildman–Crippen MR) is 86.6 cm³/mol. The molecule has 2 aromatic rings. The maximum Gasteiger partial charge on any atom is 0.0954 e. The lowest BCUT2D eigenvalue weighted by Gasteiger charge is -2.36. The Hall–Kier alpha value is -1.61. The summed E-state index contributed by atoms with van der Waals surface area (Å²) in [6, 6.07) is 11.2. The van der Waals surface area contributed by atoms with Crippen LogP contribution >= 0.6 is 0 Å². The van der Waals surface area contributed by atoms with Crippen LogP contribution in [0.2, 0.25) is 0 Å². The Kier molecular flexibility index (Phi) is 4.11. The SMILES string of the molecule is CCC(c1ccccc1)n1cncc1C1(C)CCNCC1. The lowest BCUT2D eigenvalue weighted by Crippen LogP contribution is -2.39. The summed E-state index contributed by atoms with van der Waals surface area (Å²) in [4.78, 5) is 4.48. The third-order valence-corrected chi connectivity index (χ3v) is 4.90. The molecule has 0 aliphatic carbocycles. The predicted octanol–water partition coefficient (Wildman–Crippen LogP) is 3.52. The van der Waals surface area contributed by atoms with Crippen LogP contribution in [0.25, 0.3) is 0 Å². The number of nitrogens with zero attached hydrogens (tertiary/aromatic N) is 2. The molecule has 0 amide bonds. The summed E-state index contributed by atoms with van der Waals surface area (Å²) < 4.78 is 2.40. The van der Waals surface area contributed by atoms with Crippen LogP contribution in [0.15, 0.2) is 42.9 Å². The number of rotatable bonds is 4. The van der Waals surface area contributed by atoms with E-state index < -0.39 is 0 Å². The number of aromatic nitrogens is 2. The molecule has 1 saturated heterocycles. The Labute approximate surface area is 127 Å². The van der Waals surface area contributed by atoms with Crippen LogP contribution in [0.4, 0.5) is 0 Å². The van der Waals surface area contributed by atoms with E-state index in [0.717, 1.165) is 19.5 Å². The van der Waals surface area contributed by atoms with Gasteiger partial charge in [0.25, 0.3) is 0 Å².